The van der Waals surface area contributed by atoms with Crippen LogP contribution < -0.4 is 5.32 Å². The van der Waals surface area contributed by atoms with Crippen LogP contribution in [0.1, 0.15) is 5.69 Å². The average Bonchev–Trinajstić information content (AvgIpc) is 2.76. The first-order valence-electron chi connectivity index (χ1n) is 4.17. The highest BCUT2D eigenvalue weighted by atomic mass is 19.1. The van der Waals surface area contributed by atoms with Gasteiger partial charge in [-0.05, 0) is 0 Å². The second kappa shape index (κ2) is 3.60. The first-order valence-corrected chi connectivity index (χ1v) is 4.17. The third kappa shape index (κ3) is 1.81. The minimum Gasteiger partial charge on any atom is -0.442 e. The van der Waals surface area contributed by atoms with Gasteiger partial charge in [0.05, 0.1) is 19.3 Å². The molecule has 76 valence electrons. The van der Waals surface area contributed by atoms with E-state index in [-0.39, 0.29) is 11.8 Å². The van der Waals surface area contributed by atoms with Crippen molar-refractivity contribution in [1.82, 2.24) is 20.3 Å². The van der Waals surface area contributed by atoms with Gasteiger partial charge >= 0.3 is 6.09 Å². The molecule has 2 heterocycles. The number of cyclic esters (lactones) is 1. The maximum Gasteiger partial charge on any atom is 0.407 e. The molecular formula is C7H9FN4O2. The predicted octanol–water partition coefficient (Wildman–Crippen LogP) is -0.144. The second-order valence-electron chi connectivity index (χ2n) is 2.97. The standard InChI is InChI=1S/C7H9FN4O2/c8-1-5-3-12(11-10-5)4-6-2-9-7(13)14-6/h3,6H,1-2,4H2,(H,9,13). The first kappa shape index (κ1) is 8.92. The van der Waals surface area contributed by atoms with Crippen LogP contribution in [0.3, 0.4) is 0 Å². The van der Waals surface area contributed by atoms with E-state index in [9.17, 15) is 9.18 Å². The number of aromatic nitrogens is 3. The van der Waals surface area contributed by atoms with Gasteiger partial charge in [0.15, 0.2) is 0 Å². The number of alkyl halides is 1. The maximum atomic E-state index is 12.1. The Morgan fingerprint density at radius 1 is 1.79 bits per heavy atom. The van der Waals surface area contributed by atoms with E-state index in [2.05, 4.69) is 15.6 Å². The number of nitrogens with zero attached hydrogens (tertiary/aromatic N) is 3. The van der Waals surface area contributed by atoms with Crippen molar-refractivity contribution in [2.45, 2.75) is 19.3 Å². The molecule has 7 heteroatoms. The van der Waals surface area contributed by atoms with E-state index in [4.69, 9.17) is 4.74 Å². The summed E-state index contributed by atoms with van der Waals surface area (Å²) in [6.07, 6.45) is 0.809. The fraction of sp³-hybridized carbons (Fsp3) is 0.571. The number of hydrogen-bond acceptors (Lipinski definition) is 4. The number of hydrogen-bond donors (Lipinski definition) is 1. The van der Waals surface area contributed by atoms with Crippen molar-refractivity contribution in [2.24, 2.45) is 0 Å². The van der Waals surface area contributed by atoms with Crippen LogP contribution in [0.25, 0.3) is 0 Å². The normalized spacial score (nSPS) is 20.6. The number of carbonyl (C=O) groups is 1. The molecule has 1 aromatic heterocycles. The lowest BCUT2D eigenvalue weighted by Crippen LogP contribution is -2.20. The molecular weight excluding hydrogens is 191 g/mol. The molecule has 1 atom stereocenters. The summed E-state index contributed by atoms with van der Waals surface area (Å²) in [7, 11) is 0. The minimum atomic E-state index is -0.636. The van der Waals surface area contributed by atoms with E-state index < -0.39 is 12.8 Å². The zero-order chi connectivity index (χ0) is 9.97. The third-order valence-electron chi connectivity index (χ3n) is 1.86. The molecule has 1 aliphatic heterocycles. The molecule has 1 unspecified atom stereocenters. The van der Waals surface area contributed by atoms with Crippen LogP contribution in [0.4, 0.5) is 9.18 Å². The van der Waals surface area contributed by atoms with Gasteiger partial charge in [-0.2, -0.15) is 0 Å². The van der Waals surface area contributed by atoms with E-state index in [1.807, 2.05) is 0 Å². The molecule has 0 spiro atoms. The summed E-state index contributed by atoms with van der Waals surface area (Å²) in [5.41, 5.74) is 0.280. The molecule has 1 N–H and O–H groups in total. The van der Waals surface area contributed by atoms with Crippen molar-refractivity contribution >= 4 is 6.09 Å². The fourth-order valence-corrected chi connectivity index (χ4v) is 1.23. The number of amides is 1. The van der Waals surface area contributed by atoms with E-state index in [0.717, 1.165) is 0 Å². The van der Waals surface area contributed by atoms with Crippen LogP contribution >= 0.6 is 0 Å². The molecule has 1 saturated heterocycles. The van der Waals surface area contributed by atoms with Crippen LogP contribution in [-0.2, 0) is 18.0 Å². The maximum absolute atomic E-state index is 12.1. The Labute approximate surface area is 79.0 Å². The SMILES string of the molecule is O=C1NCC(Cn2cc(CF)nn2)O1. The van der Waals surface area contributed by atoms with Crippen LogP contribution in [0.2, 0.25) is 0 Å². The smallest absolute Gasteiger partial charge is 0.407 e. The summed E-state index contributed by atoms with van der Waals surface area (Å²) < 4.78 is 18.4. The summed E-state index contributed by atoms with van der Waals surface area (Å²) >= 11 is 0. The zero-order valence-corrected chi connectivity index (χ0v) is 7.31. The highest BCUT2D eigenvalue weighted by molar-refractivity contribution is 5.69. The third-order valence-corrected chi connectivity index (χ3v) is 1.86. The molecule has 1 aromatic rings. The van der Waals surface area contributed by atoms with Gasteiger partial charge in [-0.1, -0.05) is 5.21 Å². The number of ether oxygens (including phenoxy) is 1. The van der Waals surface area contributed by atoms with Crippen LogP contribution in [0, 0.1) is 0 Å². The summed E-state index contributed by atoms with van der Waals surface area (Å²) in [5, 5.41) is 9.77. The summed E-state index contributed by atoms with van der Waals surface area (Å²) in [6, 6.07) is 0. The minimum absolute atomic E-state index is 0.253. The molecule has 2 rings (SSSR count). The van der Waals surface area contributed by atoms with Gasteiger partial charge in [0.2, 0.25) is 0 Å². The van der Waals surface area contributed by atoms with Gasteiger partial charge in [0, 0.05) is 0 Å². The largest absolute Gasteiger partial charge is 0.442 e. The highest BCUT2D eigenvalue weighted by Gasteiger charge is 2.23. The topological polar surface area (TPSA) is 69.0 Å². The molecule has 1 fully saturated rings. The van der Waals surface area contributed by atoms with Crippen molar-refractivity contribution < 1.29 is 13.9 Å². The lowest BCUT2D eigenvalue weighted by atomic mass is 10.3. The Morgan fingerprint density at radius 2 is 2.64 bits per heavy atom. The molecule has 14 heavy (non-hydrogen) atoms. The van der Waals surface area contributed by atoms with Gasteiger partial charge in [-0.3, -0.25) is 0 Å². The number of halogens is 1. The monoisotopic (exact) mass is 200 g/mol. The fourth-order valence-electron chi connectivity index (χ4n) is 1.23. The number of nitrogens with one attached hydrogen (secondary N) is 1. The summed E-state index contributed by atoms with van der Waals surface area (Å²) in [6.45, 7) is 0.206. The second-order valence-corrected chi connectivity index (χ2v) is 2.97. The highest BCUT2D eigenvalue weighted by Crippen LogP contribution is 2.03. The van der Waals surface area contributed by atoms with Crippen molar-refractivity contribution in [3.63, 3.8) is 0 Å². The number of rotatable bonds is 3. The zero-order valence-electron chi connectivity index (χ0n) is 7.31. The van der Waals surface area contributed by atoms with Crippen LogP contribution in [-0.4, -0.2) is 33.7 Å². The van der Waals surface area contributed by atoms with Gasteiger partial charge in [-0.15, -0.1) is 5.10 Å². The Kier molecular flexibility index (Phi) is 2.30. The molecule has 0 aliphatic carbocycles. The van der Waals surface area contributed by atoms with E-state index in [1.54, 1.807) is 0 Å². The van der Waals surface area contributed by atoms with Crippen molar-refractivity contribution in [3.8, 4) is 0 Å². The van der Waals surface area contributed by atoms with Crippen molar-refractivity contribution in [2.75, 3.05) is 6.54 Å². The number of alkyl carbamates (subject to hydrolysis) is 1. The summed E-state index contributed by atoms with van der Waals surface area (Å²) in [4.78, 5) is 10.7. The quantitative estimate of drug-likeness (QED) is 0.737. The van der Waals surface area contributed by atoms with Crippen molar-refractivity contribution in [1.29, 1.82) is 0 Å². The van der Waals surface area contributed by atoms with E-state index in [0.29, 0.717) is 13.1 Å². The van der Waals surface area contributed by atoms with Crippen molar-refractivity contribution in [3.05, 3.63) is 11.9 Å². The van der Waals surface area contributed by atoms with Crippen LogP contribution in [0.15, 0.2) is 6.20 Å². The predicted molar refractivity (Wildman–Crippen MR) is 43.1 cm³/mol. The molecule has 0 aromatic carbocycles. The Balaban J connectivity index is 1.93. The molecule has 1 aliphatic rings. The Hall–Kier alpha value is -1.66. The summed E-state index contributed by atoms with van der Waals surface area (Å²) in [5.74, 6) is 0. The van der Waals surface area contributed by atoms with E-state index >= 15 is 0 Å². The van der Waals surface area contributed by atoms with Gasteiger partial charge in [0.1, 0.15) is 18.5 Å². The van der Waals surface area contributed by atoms with Crippen LogP contribution in [0.5, 0.6) is 0 Å². The Morgan fingerprint density at radius 3 is 3.21 bits per heavy atom. The molecule has 6 nitrogen and oxygen atoms in total. The molecule has 0 saturated carbocycles. The average molecular weight is 200 g/mol. The molecule has 1 amide bonds. The Bertz CT molecular complexity index is 340. The van der Waals surface area contributed by atoms with Gasteiger partial charge in [0.25, 0.3) is 0 Å². The molecule has 0 radical (unpaired) electrons. The lowest BCUT2D eigenvalue weighted by molar-refractivity contribution is 0.128. The first-order chi connectivity index (χ1) is 6.78. The van der Waals surface area contributed by atoms with Gasteiger partial charge < -0.3 is 10.1 Å². The molecule has 0 bridgehead atoms. The van der Waals surface area contributed by atoms with Gasteiger partial charge in [-0.25, -0.2) is 13.9 Å². The number of carbonyl (C=O) groups excluding carboxylic acids is 1. The lowest BCUT2D eigenvalue weighted by Gasteiger charge is -2.05. The van der Waals surface area contributed by atoms with E-state index in [1.165, 1.54) is 10.9 Å².